The van der Waals surface area contributed by atoms with Crippen LogP contribution in [-0.4, -0.2) is 34.7 Å². The average Bonchev–Trinajstić information content (AvgIpc) is 2.73. The molecule has 0 bridgehead atoms. The third-order valence-corrected chi connectivity index (χ3v) is 4.28. The van der Waals surface area contributed by atoms with Crippen molar-refractivity contribution in [3.05, 3.63) is 35.4 Å². The minimum atomic E-state index is -1.27. The summed E-state index contributed by atoms with van der Waals surface area (Å²) in [5, 5.41) is 13.5. The summed E-state index contributed by atoms with van der Waals surface area (Å²) in [6.07, 6.45) is 3.82. The fraction of sp³-hybridized carbons (Fsp3) is 0.533. The lowest BCUT2D eigenvalue weighted by Gasteiger charge is -2.24. The molecule has 2 N–H and O–H groups in total. The summed E-state index contributed by atoms with van der Waals surface area (Å²) in [4.78, 5) is 12.2. The molecular weight excluding hydrogens is 258 g/mol. The highest BCUT2D eigenvalue weighted by Crippen LogP contribution is 2.30. The molecule has 0 heterocycles. The van der Waals surface area contributed by atoms with Gasteiger partial charge in [0, 0.05) is 18.9 Å². The van der Waals surface area contributed by atoms with Gasteiger partial charge in [0.2, 0.25) is 0 Å². The Balaban J connectivity index is 1.97. The van der Waals surface area contributed by atoms with E-state index >= 15 is 0 Å². The number of carbonyl (C=O) groups is 1. The molecule has 19 heavy (non-hydrogen) atoms. The van der Waals surface area contributed by atoms with Crippen molar-refractivity contribution >= 4 is 17.7 Å². The summed E-state index contributed by atoms with van der Waals surface area (Å²) >= 11 is 1.76. The first kappa shape index (κ1) is 14.4. The number of fused-ring (bicyclic) bond motifs is 1. The molecule has 1 atom stereocenters. The zero-order valence-corrected chi connectivity index (χ0v) is 12.3. The highest BCUT2D eigenvalue weighted by molar-refractivity contribution is 7.98. The normalized spacial score (nSPS) is 17.8. The van der Waals surface area contributed by atoms with Crippen molar-refractivity contribution in [1.82, 2.24) is 5.32 Å². The van der Waals surface area contributed by atoms with Gasteiger partial charge in [0.1, 0.15) is 0 Å². The van der Waals surface area contributed by atoms with Crippen LogP contribution in [0.4, 0.5) is 0 Å². The summed E-state index contributed by atoms with van der Waals surface area (Å²) in [6, 6.07) is 7.97. The Morgan fingerprint density at radius 3 is 2.53 bits per heavy atom. The lowest BCUT2D eigenvalue weighted by molar-refractivity contribution is -0.139. The lowest BCUT2D eigenvalue weighted by Crippen LogP contribution is -2.50. The topological polar surface area (TPSA) is 49.3 Å². The number of amides is 1. The minimum Gasteiger partial charge on any atom is -0.379 e. The van der Waals surface area contributed by atoms with Crippen LogP contribution in [0.3, 0.4) is 0 Å². The Kier molecular flexibility index (Phi) is 4.53. The standard InChI is InChI=1S/C15H21NO2S/c1-11(7-8-19-2)16-14(17)15(18)9-12-5-3-4-6-13(12)10-15/h3-6,11,18H,7-10H2,1-2H3,(H,16,17)/t11-/m1/s1. The first-order chi connectivity index (χ1) is 9.05. The smallest absolute Gasteiger partial charge is 0.252 e. The van der Waals surface area contributed by atoms with Crippen LogP contribution in [0.1, 0.15) is 24.5 Å². The molecule has 1 amide bonds. The average molecular weight is 279 g/mol. The van der Waals surface area contributed by atoms with Gasteiger partial charge in [-0.15, -0.1) is 0 Å². The number of hydrogen-bond donors (Lipinski definition) is 2. The molecule has 0 fully saturated rings. The van der Waals surface area contributed by atoms with Gasteiger partial charge in [-0.2, -0.15) is 11.8 Å². The molecule has 1 aliphatic carbocycles. The summed E-state index contributed by atoms with van der Waals surface area (Å²) in [7, 11) is 0. The lowest BCUT2D eigenvalue weighted by atomic mass is 9.99. The monoisotopic (exact) mass is 279 g/mol. The number of nitrogens with one attached hydrogen (secondary N) is 1. The van der Waals surface area contributed by atoms with Gasteiger partial charge in [-0.05, 0) is 36.5 Å². The van der Waals surface area contributed by atoms with Gasteiger partial charge < -0.3 is 10.4 Å². The van der Waals surface area contributed by atoms with Gasteiger partial charge in [-0.25, -0.2) is 0 Å². The summed E-state index contributed by atoms with van der Waals surface area (Å²) in [5.74, 6) is 0.775. The van der Waals surface area contributed by atoms with Crippen molar-refractivity contribution in [2.24, 2.45) is 0 Å². The molecule has 4 heteroatoms. The Morgan fingerprint density at radius 2 is 2.00 bits per heavy atom. The maximum atomic E-state index is 12.2. The number of aliphatic hydroxyl groups is 1. The molecule has 0 radical (unpaired) electrons. The van der Waals surface area contributed by atoms with Crippen molar-refractivity contribution in [2.45, 2.75) is 37.8 Å². The molecule has 0 unspecified atom stereocenters. The van der Waals surface area contributed by atoms with Crippen molar-refractivity contribution in [3.63, 3.8) is 0 Å². The van der Waals surface area contributed by atoms with E-state index in [1.165, 1.54) is 0 Å². The third-order valence-electron chi connectivity index (χ3n) is 3.64. The van der Waals surface area contributed by atoms with Gasteiger partial charge in [0.15, 0.2) is 5.60 Å². The maximum absolute atomic E-state index is 12.2. The summed E-state index contributed by atoms with van der Waals surface area (Å²) in [5.41, 5.74) is 0.894. The largest absolute Gasteiger partial charge is 0.379 e. The minimum absolute atomic E-state index is 0.104. The van der Waals surface area contributed by atoms with Crippen LogP contribution >= 0.6 is 11.8 Å². The molecule has 0 saturated heterocycles. The fourth-order valence-electron chi connectivity index (χ4n) is 2.48. The maximum Gasteiger partial charge on any atom is 0.252 e. The van der Waals surface area contributed by atoms with Gasteiger partial charge in [0.25, 0.3) is 5.91 Å². The molecule has 0 aromatic heterocycles. The Bertz CT molecular complexity index is 436. The molecular formula is C15H21NO2S. The van der Waals surface area contributed by atoms with E-state index in [-0.39, 0.29) is 11.9 Å². The first-order valence-corrected chi connectivity index (χ1v) is 8.03. The van der Waals surface area contributed by atoms with Crippen molar-refractivity contribution in [3.8, 4) is 0 Å². The van der Waals surface area contributed by atoms with Crippen LogP contribution in [0.2, 0.25) is 0 Å². The van der Waals surface area contributed by atoms with E-state index in [9.17, 15) is 9.90 Å². The van der Waals surface area contributed by atoms with E-state index < -0.39 is 5.60 Å². The van der Waals surface area contributed by atoms with Crippen LogP contribution in [0.15, 0.2) is 24.3 Å². The Hall–Kier alpha value is -1.00. The molecule has 1 aromatic rings. The number of benzene rings is 1. The van der Waals surface area contributed by atoms with Crippen LogP contribution < -0.4 is 5.32 Å². The van der Waals surface area contributed by atoms with Crippen LogP contribution in [0, 0.1) is 0 Å². The number of thioether (sulfide) groups is 1. The number of rotatable bonds is 5. The SMILES string of the molecule is CSCC[C@@H](C)NC(=O)C1(O)Cc2ccccc2C1. The number of hydrogen-bond acceptors (Lipinski definition) is 3. The van der Waals surface area contributed by atoms with E-state index in [4.69, 9.17) is 0 Å². The zero-order chi connectivity index (χ0) is 13.9. The van der Waals surface area contributed by atoms with Gasteiger partial charge >= 0.3 is 0 Å². The van der Waals surface area contributed by atoms with Crippen molar-refractivity contribution in [1.29, 1.82) is 0 Å². The van der Waals surface area contributed by atoms with Gasteiger partial charge in [0.05, 0.1) is 0 Å². The van der Waals surface area contributed by atoms with E-state index in [1.54, 1.807) is 11.8 Å². The predicted molar refractivity (Wildman–Crippen MR) is 79.4 cm³/mol. The van der Waals surface area contributed by atoms with Crippen LogP contribution in [0.5, 0.6) is 0 Å². The van der Waals surface area contributed by atoms with E-state index in [0.29, 0.717) is 12.8 Å². The molecule has 2 rings (SSSR count). The zero-order valence-electron chi connectivity index (χ0n) is 11.5. The summed E-state index contributed by atoms with van der Waals surface area (Å²) in [6.45, 7) is 1.99. The molecule has 0 spiro atoms. The predicted octanol–water partition coefficient (Wildman–Crippen LogP) is 1.77. The third kappa shape index (κ3) is 3.31. The second kappa shape index (κ2) is 5.97. The highest BCUT2D eigenvalue weighted by Gasteiger charge is 2.42. The van der Waals surface area contributed by atoms with Gasteiger partial charge in [-0.1, -0.05) is 24.3 Å². The Labute approximate surface area is 118 Å². The second-order valence-electron chi connectivity index (χ2n) is 5.31. The molecule has 1 aromatic carbocycles. The molecule has 0 aliphatic heterocycles. The quantitative estimate of drug-likeness (QED) is 0.863. The van der Waals surface area contributed by atoms with E-state index in [2.05, 4.69) is 11.6 Å². The van der Waals surface area contributed by atoms with E-state index in [0.717, 1.165) is 23.3 Å². The Morgan fingerprint density at radius 1 is 1.42 bits per heavy atom. The molecule has 0 saturated carbocycles. The highest BCUT2D eigenvalue weighted by atomic mass is 32.2. The van der Waals surface area contributed by atoms with Gasteiger partial charge in [-0.3, -0.25) is 4.79 Å². The second-order valence-corrected chi connectivity index (χ2v) is 6.30. The molecule has 1 aliphatic rings. The molecule has 3 nitrogen and oxygen atoms in total. The molecule has 104 valence electrons. The number of carbonyl (C=O) groups excluding carboxylic acids is 1. The van der Waals surface area contributed by atoms with Crippen molar-refractivity contribution in [2.75, 3.05) is 12.0 Å². The van der Waals surface area contributed by atoms with Crippen LogP contribution in [-0.2, 0) is 17.6 Å². The van der Waals surface area contributed by atoms with Crippen LogP contribution in [0.25, 0.3) is 0 Å². The van der Waals surface area contributed by atoms with E-state index in [1.807, 2.05) is 31.2 Å². The fourth-order valence-corrected chi connectivity index (χ4v) is 3.07. The first-order valence-electron chi connectivity index (χ1n) is 6.64. The summed E-state index contributed by atoms with van der Waals surface area (Å²) < 4.78 is 0. The van der Waals surface area contributed by atoms with Crippen molar-refractivity contribution < 1.29 is 9.90 Å².